The fourth-order valence-corrected chi connectivity index (χ4v) is 4.93. The molecule has 1 fully saturated rings. The fraction of sp³-hybridized carbons (Fsp3) is 0.357. The van der Waals surface area contributed by atoms with Gasteiger partial charge in [-0.05, 0) is 85.4 Å². The van der Waals surface area contributed by atoms with Gasteiger partial charge in [-0.1, -0.05) is 44.0 Å². The van der Waals surface area contributed by atoms with E-state index in [1.54, 1.807) is 18.2 Å². The van der Waals surface area contributed by atoms with Crippen LogP contribution in [0.3, 0.4) is 0 Å². The zero-order chi connectivity index (χ0) is 22.8. The van der Waals surface area contributed by atoms with Crippen LogP contribution in [0.5, 0.6) is 0 Å². The molecular formula is C28H28F4. The summed E-state index contributed by atoms with van der Waals surface area (Å²) >= 11 is 0. The molecule has 0 bridgehead atoms. The topological polar surface area (TPSA) is 0 Å². The quantitative estimate of drug-likeness (QED) is 0.347. The van der Waals surface area contributed by atoms with Gasteiger partial charge in [-0.15, -0.1) is 0 Å². The van der Waals surface area contributed by atoms with Crippen molar-refractivity contribution in [3.63, 3.8) is 0 Å². The maximum absolute atomic E-state index is 15.0. The molecule has 0 radical (unpaired) electrons. The standard InChI is InChI=1S/C28H28F4/c1-3-4-18-5-7-19(8-6-18)20-9-11-23(27(31)13-20)21-10-12-24(28(32)14-21)22-15-25(29)17(2)26(30)16-22/h9-16,18-19H,3-8H2,1-2H3. The van der Waals surface area contributed by atoms with E-state index in [1.165, 1.54) is 44.7 Å². The predicted molar refractivity (Wildman–Crippen MR) is 121 cm³/mol. The van der Waals surface area contributed by atoms with Gasteiger partial charge in [0.15, 0.2) is 0 Å². The van der Waals surface area contributed by atoms with Gasteiger partial charge in [0.2, 0.25) is 0 Å². The highest BCUT2D eigenvalue weighted by atomic mass is 19.1. The van der Waals surface area contributed by atoms with Gasteiger partial charge < -0.3 is 0 Å². The Morgan fingerprint density at radius 1 is 0.688 bits per heavy atom. The Morgan fingerprint density at radius 2 is 1.25 bits per heavy atom. The Hall–Kier alpha value is -2.62. The molecule has 32 heavy (non-hydrogen) atoms. The molecule has 0 atom stereocenters. The van der Waals surface area contributed by atoms with Gasteiger partial charge >= 0.3 is 0 Å². The third-order valence-corrected chi connectivity index (χ3v) is 6.88. The molecule has 0 nitrogen and oxygen atoms in total. The van der Waals surface area contributed by atoms with Gasteiger partial charge in [-0.25, -0.2) is 17.6 Å². The Morgan fingerprint density at radius 3 is 1.84 bits per heavy atom. The second kappa shape index (κ2) is 9.48. The first-order chi connectivity index (χ1) is 15.4. The minimum atomic E-state index is -0.728. The van der Waals surface area contributed by atoms with Gasteiger partial charge in [0.25, 0.3) is 0 Å². The summed E-state index contributed by atoms with van der Waals surface area (Å²) < 4.78 is 57.6. The fourth-order valence-electron chi connectivity index (χ4n) is 4.93. The van der Waals surface area contributed by atoms with Crippen LogP contribution in [0.4, 0.5) is 17.6 Å². The number of halogens is 4. The second-order valence-corrected chi connectivity index (χ2v) is 9.01. The van der Waals surface area contributed by atoms with E-state index in [0.717, 1.165) is 36.5 Å². The summed E-state index contributed by atoms with van der Waals surface area (Å²) in [6, 6.07) is 11.7. The SMILES string of the molecule is CCCC1CCC(c2ccc(-c3ccc(-c4cc(F)c(C)c(F)c4)c(F)c3)c(F)c2)CC1. The molecule has 3 aromatic rings. The average Bonchev–Trinajstić information content (AvgIpc) is 2.78. The van der Waals surface area contributed by atoms with Crippen LogP contribution in [-0.2, 0) is 0 Å². The molecular weight excluding hydrogens is 412 g/mol. The first-order valence-electron chi connectivity index (χ1n) is 11.4. The van der Waals surface area contributed by atoms with E-state index < -0.39 is 17.5 Å². The van der Waals surface area contributed by atoms with E-state index in [4.69, 9.17) is 0 Å². The van der Waals surface area contributed by atoms with Crippen molar-refractivity contribution in [3.8, 4) is 22.3 Å². The zero-order valence-electron chi connectivity index (χ0n) is 18.5. The minimum Gasteiger partial charge on any atom is -0.207 e. The van der Waals surface area contributed by atoms with Crippen LogP contribution in [0, 0.1) is 36.1 Å². The lowest BCUT2D eigenvalue weighted by molar-refractivity contribution is 0.308. The molecule has 3 aromatic carbocycles. The highest BCUT2D eigenvalue weighted by Gasteiger charge is 2.23. The molecule has 0 aromatic heterocycles. The summed E-state index contributed by atoms with van der Waals surface area (Å²) in [6.45, 7) is 3.55. The van der Waals surface area contributed by atoms with Crippen LogP contribution in [-0.4, -0.2) is 0 Å². The molecule has 0 spiro atoms. The number of hydrogen-bond acceptors (Lipinski definition) is 0. The van der Waals surface area contributed by atoms with Gasteiger partial charge in [0.05, 0.1) is 0 Å². The maximum atomic E-state index is 15.0. The summed E-state index contributed by atoms with van der Waals surface area (Å²) in [5, 5.41) is 0. The van der Waals surface area contributed by atoms with Crippen molar-refractivity contribution < 1.29 is 17.6 Å². The van der Waals surface area contributed by atoms with Crippen molar-refractivity contribution in [2.24, 2.45) is 5.92 Å². The molecule has 1 aliphatic carbocycles. The largest absolute Gasteiger partial charge is 0.207 e. The van der Waals surface area contributed by atoms with E-state index in [-0.39, 0.29) is 22.5 Å². The van der Waals surface area contributed by atoms with Crippen molar-refractivity contribution in [2.75, 3.05) is 0 Å². The molecule has 0 saturated heterocycles. The monoisotopic (exact) mass is 440 g/mol. The number of benzene rings is 3. The van der Waals surface area contributed by atoms with E-state index >= 15 is 0 Å². The van der Waals surface area contributed by atoms with Gasteiger partial charge in [0, 0.05) is 16.7 Å². The summed E-state index contributed by atoms with van der Waals surface area (Å²) in [5.41, 5.74) is 1.81. The average molecular weight is 441 g/mol. The summed E-state index contributed by atoms with van der Waals surface area (Å²) in [6.07, 6.45) is 7.02. The number of rotatable bonds is 5. The summed E-state index contributed by atoms with van der Waals surface area (Å²) in [7, 11) is 0. The van der Waals surface area contributed by atoms with E-state index in [1.807, 2.05) is 6.07 Å². The Bertz CT molecular complexity index is 1090. The van der Waals surface area contributed by atoms with Crippen molar-refractivity contribution in [1.29, 1.82) is 0 Å². The van der Waals surface area contributed by atoms with Crippen LogP contribution in [0.25, 0.3) is 22.3 Å². The lowest BCUT2D eigenvalue weighted by atomic mass is 9.77. The lowest BCUT2D eigenvalue weighted by Crippen LogP contribution is -2.13. The Kier molecular flexibility index (Phi) is 6.68. The Balaban J connectivity index is 1.56. The van der Waals surface area contributed by atoms with Crippen molar-refractivity contribution in [3.05, 3.63) is 82.9 Å². The van der Waals surface area contributed by atoms with Crippen molar-refractivity contribution >= 4 is 0 Å². The molecule has 0 unspecified atom stereocenters. The minimum absolute atomic E-state index is 0.0763. The highest BCUT2D eigenvalue weighted by Crippen LogP contribution is 2.39. The molecule has 4 rings (SSSR count). The van der Waals surface area contributed by atoms with Gasteiger partial charge in [-0.2, -0.15) is 0 Å². The summed E-state index contributed by atoms with van der Waals surface area (Å²) in [4.78, 5) is 0. The van der Waals surface area contributed by atoms with Crippen LogP contribution < -0.4 is 0 Å². The first kappa shape index (κ1) is 22.6. The molecule has 0 N–H and O–H groups in total. The predicted octanol–water partition coefficient (Wildman–Crippen LogP) is 8.96. The van der Waals surface area contributed by atoms with Crippen LogP contribution in [0.15, 0.2) is 48.5 Å². The molecule has 4 heteroatoms. The smallest absolute Gasteiger partial charge is 0.131 e. The summed E-state index contributed by atoms with van der Waals surface area (Å²) in [5.74, 6) is -1.32. The third-order valence-electron chi connectivity index (χ3n) is 6.88. The molecule has 168 valence electrons. The van der Waals surface area contributed by atoms with Crippen molar-refractivity contribution in [1.82, 2.24) is 0 Å². The van der Waals surface area contributed by atoms with E-state index in [9.17, 15) is 17.6 Å². The molecule has 0 aliphatic heterocycles. The van der Waals surface area contributed by atoms with Crippen LogP contribution >= 0.6 is 0 Å². The third kappa shape index (κ3) is 4.60. The first-order valence-corrected chi connectivity index (χ1v) is 11.4. The van der Waals surface area contributed by atoms with E-state index in [2.05, 4.69) is 6.92 Å². The Labute approximate surface area is 187 Å². The molecule has 0 amide bonds. The zero-order valence-corrected chi connectivity index (χ0v) is 18.5. The van der Waals surface area contributed by atoms with Gasteiger partial charge in [0.1, 0.15) is 23.3 Å². The number of hydrogen-bond donors (Lipinski definition) is 0. The molecule has 1 aliphatic rings. The van der Waals surface area contributed by atoms with Crippen molar-refractivity contribution in [2.45, 2.75) is 58.3 Å². The van der Waals surface area contributed by atoms with Crippen LogP contribution in [0.2, 0.25) is 0 Å². The lowest BCUT2D eigenvalue weighted by Gasteiger charge is -2.28. The van der Waals surface area contributed by atoms with E-state index in [0.29, 0.717) is 17.0 Å². The highest BCUT2D eigenvalue weighted by molar-refractivity contribution is 5.72. The molecule has 0 heterocycles. The maximum Gasteiger partial charge on any atom is 0.131 e. The van der Waals surface area contributed by atoms with Crippen LogP contribution in [0.1, 0.15) is 62.5 Å². The second-order valence-electron chi connectivity index (χ2n) is 9.01. The normalized spacial score (nSPS) is 18.7. The van der Waals surface area contributed by atoms with Gasteiger partial charge in [-0.3, -0.25) is 0 Å². The molecule has 1 saturated carbocycles.